The number of thiophene rings is 1. The highest BCUT2D eigenvalue weighted by molar-refractivity contribution is 7.18. The van der Waals surface area contributed by atoms with Crippen LogP contribution in [-0.4, -0.2) is 24.3 Å². The van der Waals surface area contributed by atoms with Gasteiger partial charge in [0.05, 0.1) is 24.3 Å². The maximum absolute atomic E-state index is 13.0. The third-order valence-electron chi connectivity index (χ3n) is 4.54. The smallest absolute Gasteiger partial charge is 0.262 e. The molecule has 0 unspecified atom stereocenters. The van der Waals surface area contributed by atoms with E-state index >= 15 is 0 Å². The predicted molar refractivity (Wildman–Crippen MR) is 89.9 cm³/mol. The number of hydrogen-bond acceptors (Lipinski definition) is 5. The first kappa shape index (κ1) is 14.6. The largest absolute Gasteiger partial charge is 0.294 e. The average Bonchev–Trinajstić information content (AvgIpc) is 3.10. The molecular formula is C16H19N5OS. The van der Waals surface area contributed by atoms with Crippen molar-refractivity contribution >= 4 is 21.6 Å². The molecule has 1 aliphatic rings. The average molecular weight is 329 g/mol. The maximum Gasteiger partial charge on any atom is 0.262 e. The lowest BCUT2D eigenvalue weighted by Gasteiger charge is -2.14. The van der Waals surface area contributed by atoms with Crippen LogP contribution in [-0.2, 0) is 19.4 Å². The summed E-state index contributed by atoms with van der Waals surface area (Å²) in [7, 11) is 0. The van der Waals surface area contributed by atoms with Crippen LogP contribution in [0.1, 0.15) is 42.7 Å². The number of aromatic nitrogens is 5. The van der Waals surface area contributed by atoms with Crippen molar-refractivity contribution in [2.75, 3.05) is 0 Å². The van der Waals surface area contributed by atoms with Crippen molar-refractivity contribution in [1.82, 2.24) is 24.3 Å². The topological polar surface area (TPSA) is 65.6 Å². The molecule has 6 nitrogen and oxygen atoms in total. The Balaban J connectivity index is 1.78. The third-order valence-corrected chi connectivity index (χ3v) is 5.74. The first-order valence-corrected chi connectivity index (χ1v) is 8.89. The number of aryl methyl sites for hydroxylation is 2. The molecule has 0 saturated heterocycles. The van der Waals surface area contributed by atoms with Gasteiger partial charge in [0.25, 0.3) is 5.56 Å². The summed E-state index contributed by atoms with van der Waals surface area (Å²) in [6.45, 7) is 2.63. The number of fused-ring (bicyclic) bond motifs is 3. The lowest BCUT2D eigenvalue weighted by Crippen LogP contribution is -2.26. The van der Waals surface area contributed by atoms with E-state index in [0.29, 0.717) is 6.54 Å². The van der Waals surface area contributed by atoms with Gasteiger partial charge >= 0.3 is 0 Å². The molecule has 23 heavy (non-hydrogen) atoms. The Labute approximate surface area is 137 Å². The normalized spacial score (nSPS) is 16.2. The molecule has 0 radical (unpaired) electrons. The minimum absolute atomic E-state index is 0.0116. The zero-order valence-electron chi connectivity index (χ0n) is 13.1. The molecule has 0 aliphatic heterocycles. The Bertz CT molecular complexity index is 880. The summed E-state index contributed by atoms with van der Waals surface area (Å²) < 4.78 is 3.48. The first-order chi connectivity index (χ1) is 11.2. The molecule has 120 valence electrons. The predicted octanol–water partition coefficient (Wildman–Crippen LogP) is 2.58. The summed E-state index contributed by atoms with van der Waals surface area (Å²) in [5.74, 6) is 0. The van der Waals surface area contributed by atoms with E-state index in [1.54, 1.807) is 33.2 Å². The first-order valence-electron chi connectivity index (χ1n) is 8.08. The second-order valence-electron chi connectivity index (χ2n) is 6.17. The minimum Gasteiger partial charge on any atom is -0.294 e. The van der Waals surface area contributed by atoms with E-state index in [9.17, 15) is 4.79 Å². The van der Waals surface area contributed by atoms with Gasteiger partial charge in [0.1, 0.15) is 17.5 Å². The van der Waals surface area contributed by atoms with Crippen molar-refractivity contribution in [3.8, 4) is 0 Å². The molecule has 0 fully saturated rings. The molecule has 3 aromatic heterocycles. The van der Waals surface area contributed by atoms with Crippen molar-refractivity contribution in [2.24, 2.45) is 0 Å². The zero-order chi connectivity index (χ0) is 15.8. The molecule has 0 spiro atoms. The molecule has 0 amide bonds. The lowest BCUT2D eigenvalue weighted by molar-refractivity contribution is 0.425. The SMILES string of the molecule is C[C@H](Cn1cncn1)n1cnc2sc3c(c2c1=O)CCCCC3. The van der Waals surface area contributed by atoms with Crippen molar-refractivity contribution < 1.29 is 0 Å². The lowest BCUT2D eigenvalue weighted by atomic mass is 10.1. The van der Waals surface area contributed by atoms with Crippen molar-refractivity contribution in [3.05, 3.63) is 39.8 Å². The van der Waals surface area contributed by atoms with Gasteiger partial charge in [-0.05, 0) is 38.2 Å². The van der Waals surface area contributed by atoms with Crippen LogP contribution in [0.2, 0.25) is 0 Å². The molecule has 1 aliphatic carbocycles. The summed E-state index contributed by atoms with van der Waals surface area (Å²) in [5.41, 5.74) is 1.34. The standard InChI is InChI=1S/C16H19N5OS/c1-11(7-20-9-17-8-19-20)21-10-18-15-14(16(21)22)12-5-3-2-4-6-13(12)23-15/h8-11H,2-7H2,1H3/t11-/m1/s1. The van der Waals surface area contributed by atoms with Crippen LogP contribution < -0.4 is 5.56 Å². The van der Waals surface area contributed by atoms with Gasteiger partial charge < -0.3 is 0 Å². The van der Waals surface area contributed by atoms with Gasteiger partial charge in [0.15, 0.2) is 0 Å². The minimum atomic E-state index is -0.0116. The number of hydrogen-bond donors (Lipinski definition) is 0. The van der Waals surface area contributed by atoms with Gasteiger partial charge in [-0.2, -0.15) is 5.10 Å². The van der Waals surface area contributed by atoms with Gasteiger partial charge in [0, 0.05) is 4.88 Å². The van der Waals surface area contributed by atoms with Gasteiger partial charge in [-0.15, -0.1) is 11.3 Å². The van der Waals surface area contributed by atoms with Crippen LogP contribution in [0, 0.1) is 0 Å². The Kier molecular flexibility index (Phi) is 3.72. The molecule has 0 aromatic carbocycles. The van der Waals surface area contributed by atoms with Crippen LogP contribution >= 0.6 is 11.3 Å². The van der Waals surface area contributed by atoms with E-state index in [1.807, 2.05) is 6.92 Å². The molecular weight excluding hydrogens is 310 g/mol. The molecule has 4 rings (SSSR count). The van der Waals surface area contributed by atoms with Crippen LogP contribution in [0.15, 0.2) is 23.8 Å². The summed E-state index contributed by atoms with van der Waals surface area (Å²) in [6.07, 6.45) is 10.6. The maximum atomic E-state index is 13.0. The summed E-state index contributed by atoms with van der Waals surface area (Å²) in [6, 6.07) is -0.0116. The Morgan fingerprint density at radius 1 is 1.26 bits per heavy atom. The van der Waals surface area contributed by atoms with Gasteiger partial charge in [-0.3, -0.25) is 14.0 Å². The van der Waals surface area contributed by atoms with E-state index in [2.05, 4.69) is 15.1 Å². The van der Waals surface area contributed by atoms with Gasteiger partial charge in [-0.25, -0.2) is 9.97 Å². The highest BCUT2D eigenvalue weighted by atomic mass is 32.1. The Morgan fingerprint density at radius 2 is 2.13 bits per heavy atom. The number of nitrogens with zero attached hydrogens (tertiary/aromatic N) is 5. The molecule has 0 saturated carbocycles. The van der Waals surface area contributed by atoms with Gasteiger partial charge in [0.2, 0.25) is 0 Å². The molecule has 0 bridgehead atoms. The van der Waals surface area contributed by atoms with E-state index in [4.69, 9.17) is 0 Å². The summed E-state index contributed by atoms with van der Waals surface area (Å²) in [5, 5.41) is 4.97. The van der Waals surface area contributed by atoms with Crippen molar-refractivity contribution in [1.29, 1.82) is 0 Å². The molecule has 7 heteroatoms. The fourth-order valence-corrected chi connectivity index (χ4v) is 4.56. The monoisotopic (exact) mass is 329 g/mol. The highest BCUT2D eigenvalue weighted by Crippen LogP contribution is 2.32. The van der Waals surface area contributed by atoms with E-state index in [-0.39, 0.29) is 11.6 Å². The van der Waals surface area contributed by atoms with Crippen LogP contribution in [0.4, 0.5) is 0 Å². The Hall–Kier alpha value is -2.02. The second kappa shape index (κ2) is 5.88. The van der Waals surface area contributed by atoms with E-state index in [0.717, 1.165) is 23.1 Å². The molecule has 3 heterocycles. The molecule has 3 aromatic rings. The summed E-state index contributed by atoms with van der Waals surface area (Å²) in [4.78, 5) is 23.8. The van der Waals surface area contributed by atoms with Crippen molar-refractivity contribution in [3.63, 3.8) is 0 Å². The van der Waals surface area contributed by atoms with E-state index < -0.39 is 0 Å². The second-order valence-corrected chi connectivity index (χ2v) is 7.25. The molecule has 1 atom stereocenters. The Morgan fingerprint density at radius 3 is 2.96 bits per heavy atom. The van der Waals surface area contributed by atoms with Gasteiger partial charge in [-0.1, -0.05) is 6.42 Å². The highest BCUT2D eigenvalue weighted by Gasteiger charge is 2.20. The zero-order valence-corrected chi connectivity index (χ0v) is 13.9. The quantitative estimate of drug-likeness (QED) is 0.693. The fourth-order valence-electron chi connectivity index (χ4n) is 3.34. The van der Waals surface area contributed by atoms with Crippen LogP contribution in [0.3, 0.4) is 0 Å². The molecule has 0 N–H and O–H groups in total. The van der Waals surface area contributed by atoms with Crippen molar-refractivity contribution in [2.45, 2.75) is 51.6 Å². The van der Waals surface area contributed by atoms with E-state index in [1.165, 1.54) is 36.0 Å². The third kappa shape index (κ3) is 2.59. The van der Waals surface area contributed by atoms with Crippen LogP contribution in [0.5, 0.6) is 0 Å². The van der Waals surface area contributed by atoms with Crippen LogP contribution in [0.25, 0.3) is 10.2 Å². The fraction of sp³-hybridized carbons (Fsp3) is 0.500. The summed E-state index contributed by atoms with van der Waals surface area (Å²) >= 11 is 1.70. The number of rotatable bonds is 3.